The van der Waals surface area contributed by atoms with E-state index in [1.165, 1.54) is 0 Å². The summed E-state index contributed by atoms with van der Waals surface area (Å²) in [4.78, 5) is 1.09. The summed E-state index contributed by atoms with van der Waals surface area (Å²) in [6.07, 6.45) is 0. The third-order valence-corrected chi connectivity index (χ3v) is 7.28. The van der Waals surface area contributed by atoms with Crippen molar-refractivity contribution in [2.24, 2.45) is 0 Å². The van der Waals surface area contributed by atoms with Crippen LogP contribution in [0.15, 0.2) is 32.5 Å². The second-order valence-corrected chi connectivity index (χ2v) is 8.59. The standard InChI is InChI=1S/C11H5Br2Cl2IS/c12-7-4-9(17-11(7)13)10(15)6-3-5(14)1-2-8(6)16/h1-4,10H. The maximum Gasteiger partial charge on any atom is 0.0939 e. The average Bonchev–Trinajstić information content (AvgIpc) is 2.62. The van der Waals surface area contributed by atoms with Gasteiger partial charge in [0.25, 0.3) is 0 Å². The number of thiophene rings is 1. The van der Waals surface area contributed by atoms with E-state index in [0.29, 0.717) is 5.02 Å². The molecule has 1 unspecified atom stereocenters. The molecular formula is C11H5Br2Cl2IS. The predicted molar refractivity (Wildman–Crippen MR) is 91.6 cm³/mol. The Labute approximate surface area is 144 Å². The highest BCUT2D eigenvalue weighted by Gasteiger charge is 2.18. The van der Waals surface area contributed by atoms with E-state index in [1.807, 2.05) is 24.3 Å². The molecular weight excluding hydrogens is 522 g/mol. The first-order valence-electron chi connectivity index (χ1n) is 4.53. The number of hydrogen-bond acceptors (Lipinski definition) is 1. The van der Waals surface area contributed by atoms with Crippen LogP contribution >= 0.6 is 89.0 Å². The van der Waals surface area contributed by atoms with Gasteiger partial charge in [0.05, 0.1) is 9.16 Å². The van der Waals surface area contributed by atoms with Crippen LogP contribution in [-0.2, 0) is 0 Å². The second kappa shape index (κ2) is 6.09. The zero-order valence-corrected chi connectivity index (χ0v) is 15.8. The van der Waals surface area contributed by atoms with Gasteiger partial charge in [-0.05, 0) is 84.3 Å². The summed E-state index contributed by atoms with van der Waals surface area (Å²) in [5.41, 5.74) is 1.04. The van der Waals surface area contributed by atoms with Crippen LogP contribution in [0.2, 0.25) is 5.02 Å². The van der Waals surface area contributed by atoms with Crippen molar-refractivity contribution in [2.45, 2.75) is 5.38 Å². The molecule has 1 aromatic carbocycles. The van der Waals surface area contributed by atoms with Crippen molar-refractivity contribution >= 4 is 89.0 Å². The van der Waals surface area contributed by atoms with Gasteiger partial charge in [0.15, 0.2) is 0 Å². The van der Waals surface area contributed by atoms with Crippen LogP contribution in [0.25, 0.3) is 0 Å². The first-order valence-corrected chi connectivity index (χ1v) is 8.82. The van der Waals surface area contributed by atoms with Gasteiger partial charge in [0.2, 0.25) is 0 Å². The van der Waals surface area contributed by atoms with E-state index in [0.717, 1.165) is 22.3 Å². The van der Waals surface area contributed by atoms with Gasteiger partial charge in [0, 0.05) is 17.9 Å². The Morgan fingerprint density at radius 3 is 2.53 bits per heavy atom. The number of benzene rings is 1. The minimum Gasteiger partial charge on any atom is -0.130 e. The van der Waals surface area contributed by atoms with Gasteiger partial charge in [-0.1, -0.05) is 11.6 Å². The normalized spacial score (nSPS) is 12.8. The summed E-state index contributed by atoms with van der Waals surface area (Å²) in [5.74, 6) is 0. The van der Waals surface area contributed by atoms with E-state index in [4.69, 9.17) is 23.2 Å². The lowest BCUT2D eigenvalue weighted by Gasteiger charge is -2.10. The smallest absolute Gasteiger partial charge is 0.0939 e. The molecule has 0 bridgehead atoms. The molecule has 90 valence electrons. The first kappa shape index (κ1) is 14.6. The number of hydrogen-bond donors (Lipinski definition) is 0. The van der Waals surface area contributed by atoms with E-state index < -0.39 is 0 Å². The van der Waals surface area contributed by atoms with Crippen molar-refractivity contribution in [1.29, 1.82) is 0 Å². The summed E-state index contributed by atoms with van der Waals surface area (Å²) in [5, 5.41) is 0.536. The molecule has 0 radical (unpaired) electrons. The van der Waals surface area contributed by atoms with Crippen LogP contribution in [-0.4, -0.2) is 0 Å². The molecule has 0 fully saturated rings. The third-order valence-electron chi connectivity index (χ3n) is 2.15. The molecule has 0 N–H and O–H groups in total. The van der Waals surface area contributed by atoms with Crippen molar-refractivity contribution in [3.05, 3.63) is 51.6 Å². The SMILES string of the molecule is Clc1ccc(I)c(C(Cl)c2cc(Br)c(Br)s2)c1. The van der Waals surface area contributed by atoms with Gasteiger partial charge >= 0.3 is 0 Å². The minimum atomic E-state index is -0.173. The lowest BCUT2D eigenvalue weighted by Crippen LogP contribution is -1.93. The number of rotatable bonds is 2. The van der Waals surface area contributed by atoms with Crippen molar-refractivity contribution in [1.82, 2.24) is 0 Å². The quantitative estimate of drug-likeness (QED) is 0.296. The zero-order chi connectivity index (χ0) is 12.6. The summed E-state index contributed by atoms with van der Waals surface area (Å²) >= 11 is 23.3. The fourth-order valence-corrected chi connectivity index (χ4v) is 4.83. The zero-order valence-electron chi connectivity index (χ0n) is 8.18. The molecule has 1 heterocycles. The van der Waals surface area contributed by atoms with Gasteiger partial charge in [0.1, 0.15) is 0 Å². The Kier molecular flexibility index (Phi) is 5.23. The van der Waals surface area contributed by atoms with E-state index in [9.17, 15) is 0 Å². The van der Waals surface area contributed by atoms with Gasteiger partial charge in [-0.2, -0.15) is 0 Å². The van der Waals surface area contributed by atoms with Crippen molar-refractivity contribution < 1.29 is 0 Å². The monoisotopic (exact) mass is 524 g/mol. The highest BCUT2D eigenvalue weighted by atomic mass is 127. The van der Waals surface area contributed by atoms with Gasteiger partial charge in [-0.25, -0.2) is 0 Å². The molecule has 0 aliphatic rings. The lowest BCUT2D eigenvalue weighted by atomic mass is 10.1. The Balaban J connectivity index is 2.42. The van der Waals surface area contributed by atoms with Gasteiger partial charge in [-0.3, -0.25) is 0 Å². The van der Waals surface area contributed by atoms with Crippen LogP contribution in [0.3, 0.4) is 0 Å². The molecule has 0 saturated carbocycles. The molecule has 17 heavy (non-hydrogen) atoms. The first-order chi connectivity index (χ1) is 7.99. The molecule has 0 spiro atoms. The molecule has 0 aliphatic carbocycles. The maximum absolute atomic E-state index is 6.50. The molecule has 0 amide bonds. The summed E-state index contributed by atoms with van der Waals surface area (Å²) in [6, 6.07) is 7.80. The summed E-state index contributed by atoms with van der Waals surface area (Å²) < 4.78 is 3.20. The number of alkyl halides is 1. The highest BCUT2D eigenvalue weighted by Crippen LogP contribution is 2.41. The Hall–Kier alpha value is 1.19. The average molecular weight is 527 g/mol. The van der Waals surface area contributed by atoms with E-state index in [2.05, 4.69) is 54.5 Å². The largest absolute Gasteiger partial charge is 0.130 e. The third kappa shape index (κ3) is 3.39. The van der Waals surface area contributed by atoms with E-state index >= 15 is 0 Å². The molecule has 6 heteroatoms. The Bertz CT molecular complexity index is 537. The fourth-order valence-electron chi connectivity index (χ4n) is 1.35. The second-order valence-electron chi connectivity index (χ2n) is 3.30. The Morgan fingerprint density at radius 2 is 1.94 bits per heavy atom. The van der Waals surface area contributed by atoms with Crippen molar-refractivity contribution in [3.8, 4) is 0 Å². The van der Waals surface area contributed by atoms with Crippen LogP contribution < -0.4 is 0 Å². The fraction of sp³-hybridized carbons (Fsp3) is 0.0909. The summed E-state index contributed by atoms with van der Waals surface area (Å²) in [7, 11) is 0. The van der Waals surface area contributed by atoms with Crippen LogP contribution in [0, 0.1) is 3.57 Å². The summed E-state index contributed by atoms with van der Waals surface area (Å²) in [6.45, 7) is 0. The van der Waals surface area contributed by atoms with Crippen LogP contribution in [0.5, 0.6) is 0 Å². The topological polar surface area (TPSA) is 0 Å². The lowest BCUT2D eigenvalue weighted by molar-refractivity contribution is 1.17. The number of halogens is 5. The van der Waals surface area contributed by atoms with Crippen LogP contribution in [0.4, 0.5) is 0 Å². The minimum absolute atomic E-state index is 0.173. The molecule has 2 aromatic rings. The molecule has 1 aromatic heterocycles. The molecule has 0 nitrogen and oxygen atoms in total. The van der Waals surface area contributed by atoms with Gasteiger partial charge < -0.3 is 0 Å². The molecule has 0 aliphatic heterocycles. The predicted octanol–water partition coefficient (Wildman–Crippen LogP) is 6.86. The molecule has 1 atom stereocenters. The van der Waals surface area contributed by atoms with Crippen molar-refractivity contribution in [3.63, 3.8) is 0 Å². The van der Waals surface area contributed by atoms with Crippen molar-refractivity contribution in [2.75, 3.05) is 0 Å². The molecule has 2 rings (SSSR count). The van der Waals surface area contributed by atoms with Gasteiger partial charge in [-0.15, -0.1) is 22.9 Å². The van der Waals surface area contributed by atoms with Crippen LogP contribution in [0.1, 0.15) is 15.8 Å². The van der Waals surface area contributed by atoms with E-state index in [-0.39, 0.29) is 5.38 Å². The Morgan fingerprint density at radius 1 is 1.24 bits per heavy atom. The highest BCUT2D eigenvalue weighted by molar-refractivity contribution is 14.1. The maximum atomic E-state index is 6.50. The van der Waals surface area contributed by atoms with E-state index in [1.54, 1.807) is 11.3 Å². The molecule has 0 saturated heterocycles.